The summed E-state index contributed by atoms with van der Waals surface area (Å²) >= 11 is 0. The molecule has 90 valence electrons. The van der Waals surface area contributed by atoms with Gasteiger partial charge in [0, 0.05) is 8.07 Å². The van der Waals surface area contributed by atoms with E-state index in [1.165, 1.54) is 6.04 Å². The van der Waals surface area contributed by atoms with Crippen molar-refractivity contribution < 1.29 is 0 Å². The molecule has 0 radical (unpaired) electrons. The summed E-state index contributed by atoms with van der Waals surface area (Å²) in [6.45, 7) is 22.3. The fourth-order valence-corrected chi connectivity index (χ4v) is 11.0. The van der Waals surface area contributed by atoms with E-state index in [1.807, 2.05) is 5.20 Å². The van der Waals surface area contributed by atoms with E-state index in [9.17, 15) is 0 Å². The van der Waals surface area contributed by atoms with E-state index in [4.69, 9.17) is 0 Å². The van der Waals surface area contributed by atoms with E-state index in [-0.39, 0.29) is 0 Å². The summed E-state index contributed by atoms with van der Waals surface area (Å²) in [4.78, 5) is 0. The zero-order valence-corrected chi connectivity index (χ0v) is 15.3. The van der Waals surface area contributed by atoms with E-state index >= 15 is 0 Å². The maximum absolute atomic E-state index is 2.69. The highest BCUT2D eigenvalue weighted by molar-refractivity contribution is 6.90. The van der Waals surface area contributed by atoms with Crippen LogP contribution in [0, 0.1) is 0 Å². The standard InChI is InChI=1S/C12H30Si3/c1-13(2,3)10-12(15(7,8)9)11-14(4,5)6/h10H,11H2,1-9H3. The Morgan fingerprint density at radius 2 is 1.20 bits per heavy atom. The van der Waals surface area contributed by atoms with Crippen molar-refractivity contribution in [3.05, 3.63) is 10.9 Å². The molecule has 0 saturated heterocycles. The van der Waals surface area contributed by atoms with Crippen molar-refractivity contribution in [3.63, 3.8) is 0 Å². The van der Waals surface area contributed by atoms with Crippen LogP contribution in [-0.4, -0.2) is 24.2 Å². The summed E-state index contributed by atoms with van der Waals surface area (Å²) in [5.74, 6) is 0. The molecule has 15 heavy (non-hydrogen) atoms. The van der Waals surface area contributed by atoms with Crippen LogP contribution in [0.4, 0.5) is 0 Å². The van der Waals surface area contributed by atoms with E-state index in [0.29, 0.717) is 0 Å². The first-order chi connectivity index (χ1) is 6.31. The zero-order valence-electron chi connectivity index (χ0n) is 12.3. The molecule has 0 aliphatic heterocycles. The number of rotatable bonds is 4. The van der Waals surface area contributed by atoms with Gasteiger partial charge >= 0.3 is 0 Å². The van der Waals surface area contributed by atoms with Gasteiger partial charge in [-0.15, -0.1) is 0 Å². The third-order valence-electron chi connectivity index (χ3n) is 2.29. The van der Waals surface area contributed by atoms with Crippen LogP contribution in [-0.2, 0) is 0 Å². The molecule has 0 atom stereocenters. The Balaban J connectivity index is 5.02. The molecule has 0 amide bonds. The van der Waals surface area contributed by atoms with Crippen LogP contribution in [0.5, 0.6) is 0 Å². The van der Waals surface area contributed by atoms with Crippen molar-refractivity contribution in [2.45, 2.75) is 65.0 Å². The van der Waals surface area contributed by atoms with Crippen molar-refractivity contribution in [2.24, 2.45) is 0 Å². The van der Waals surface area contributed by atoms with Crippen LogP contribution in [0.1, 0.15) is 0 Å². The summed E-state index contributed by atoms with van der Waals surface area (Å²) < 4.78 is 0. The molecule has 0 aromatic carbocycles. The van der Waals surface area contributed by atoms with E-state index < -0.39 is 24.2 Å². The summed E-state index contributed by atoms with van der Waals surface area (Å²) in [5, 5.41) is 1.85. The van der Waals surface area contributed by atoms with Crippen LogP contribution >= 0.6 is 0 Å². The molecule has 0 aliphatic rings. The molecule has 0 fully saturated rings. The number of hydrogen-bond acceptors (Lipinski definition) is 0. The molecule has 3 heteroatoms. The van der Waals surface area contributed by atoms with Crippen LogP contribution in [0.15, 0.2) is 10.9 Å². The fraction of sp³-hybridized carbons (Fsp3) is 0.833. The van der Waals surface area contributed by atoms with Crippen LogP contribution in [0.25, 0.3) is 0 Å². The van der Waals surface area contributed by atoms with Crippen molar-refractivity contribution in [3.8, 4) is 0 Å². The second-order valence-corrected chi connectivity index (χ2v) is 23.7. The van der Waals surface area contributed by atoms with Gasteiger partial charge in [0.15, 0.2) is 0 Å². The van der Waals surface area contributed by atoms with E-state index in [2.05, 4.69) is 64.6 Å². The molecule has 0 heterocycles. The van der Waals surface area contributed by atoms with Crippen molar-refractivity contribution >= 4 is 24.2 Å². The second kappa shape index (κ2) is 4.72. The zero-order chi connectivity index (χ0) is 12.5. The smallest absolute Gasteiger partial charge is 0.0711 e. The quantitative estimate of drug-likeness (QED) is 0.622. The Kier molecular flexibility index (Phi) is 4.84. The molecule has 0 aromatic heterocycles. The average molecular weight is 259 g/mol. The van der Waals surface area contributed by atoms with Gasteiger partial charge < -0.3 is 0 Å². The van der Waals surface area contributed by atoms with Gasteiger partial charge in [0.05, 0.1) is 16.1 Å². The summed E-state index contributed by atoms with van der Waals surface area (Å²) in [5.41, 5.74) is 2.69. The molecular weight excluding hydrogens is 228 g/mol. The minimum atomic E-state index is -1.08. The molecule has 0 aromatic rings. The monoisotopic (exact) mass is 258 g/mol. The number of allylic oxidation sites excluding steroid dienone is 1. The highest BCUT2D eigenvalue weighted by Crippen LogP contribution is 2.27. The van der Waals surface area contributed by atoms with Gasteiger partial charge in [0.1, 0.15) is 0 Å². The lowest BCUT2D eigenvalue weighted by molar-refractivity contribution is 1.42. The Morgan fingerprint density at radius 1 is 0.800 bits per heavy atom. The third kappa shape index (κ3) is 8.22. The molecule has 0 N–H and O–H groups in total. The predicted octanol–water partition coefficient (Wildman–Crippen LogP) is 5.01. The average Bonchev–Trinajstić information content (AvgIpc) is 1.75. The SMILES string of the molecule is C[Si](C)(C)C=C(C[Si](C)(C)C)[Si](C)(C)C. The highest BCUT2D eigenvalue weighted by Gasteiger charge is 2.27. The minimum Gasteiger partial charge on any atom is -0.0998 e. The lowest BCUT2D eigenvalue weighted by atomic mass is 10.7. The summed E-state index contributed by atoms with van der Waals surface area (Å²) in [6.07, 6.45) is 0. The third-order valence-corrected chi connectivity index (χ3v) is 7.84. The Bertz CT molecular complexity index is 233. The highest BCUT2D eigenvalue weighted by atomic mass is 28.3. The van der Waals surface area contributed by atoms with Gasteiger partial charge in [-0.3, -0.25) is 0 Å². The van der Waals surface area contributed by atoms with Gasteiger partial charge in [-0.05, 0) is 6.04 Å². The molecular formula is C12H30Si3. The topological polar surface area (TPSA) is 0 Å². The molecule has 0 spiro atoms. The minimum absolute atomic E-state index is 0.941. The van der Waals surface area contributed by atoms with Gasteiger partial charge in [-0.1, -0.05) is 69.8 Å². The second-order valence-electron chi connectivity index (χ2n) is 8.02. The van der Waals surface area contributed by atoms with Crippen molar-refractivity contribution in [2.75, 3.05) is 0 Å². The van der Waals surface area contributed by atoms with Crippen molar-refractivity contribution in [1.29, 1.82) is 0 Å². The van der Waals surface area contributed by atoms with Gasteiger partial charge in [-0.2, -0.15) is 0 Å². The lowest BCUT2D eigenvalue weighted by Crippen LogP contribution is -2.33. The van der Waals surface area contributed by atoms with Crippen LogP contribution in [0.3, 0.4) is 0 Å². The molecule has 0 unspecified atom stereocenters. The molecule has 0 bridgehead atoms. The van der Waals surface area contributed by atoms with Gasteiger partial charge in [0.2, 0.25) is 0 Å². The van der Waals surface area contributed by atoms with Crippen molar-refractivity contribution in [1.82, 2.24) is 0 Å². The van der Waals surface area contributed by atoms with Gasteiger partial charge in [-0.25, -0.2) is 0 Å². The van der Waals surface area contributed by atoms with E-state index in [1.54, 1.807) is 0 Å². The largest absolute Gasteiger partial charge is 0.0998 e. The first-order valence-electron chi connectivity index (χ1n) is 6.03. The lowest BCUT2D eigenvalue weighted by Gasteiger charge is -2.29. The Labute approximate surface area is 100 Å². The fourth-order valence-electron chi connectivity index (χ4n) is 1.63. The maximum Gasteiger partial charge on any atom is 0.0711 e. The predicted molar refractivity (Wildman–Crippen MR) is 82.9 cm³/mol. The van der Waals surface area contributed by atoms with Crippen LogP contribution in [0.2, 0.25) is 65.0 Å². The summed E-state index contributed by atoms with van der Waals surface area (Å²) in [7, 11) is -3.05. The molecule has 0 rings (SSSR count). The van der Waals surface area contributed by atoms with E-state index in [0.717, 1.165) is 0 Å². The first kappa shape index (κ1) is 15.4. The van der Waals surface area contributed by atoms with Gasteiger partial charge in [0.25, 0.3) is 0 Å². The maximum atomic E-state index is 2.69. The summed E-state index contributed by atoms with van der Waals surface area (Å²) in [6, 6.07) is 1.42. The molecule has 0 saturated carbocycles. The Morgan fingerprint density at radius 3 is 1.40 bits per heavy atom. The molecule has 0 aliphatic carbocycles. The normalized spacial score (nSPS) is 15.7. The van der Waals surface area contributed by atoms with Crippen LogP contribution < -0.4 is 0 Å². The Hall–Kier alpha value is 0.391. The first-order valence-corrected chi connectivity index (χ1v) is 16.8. The number of hydrogen-bond donors (Lipinski definition) is 0. The molecule has 0 nitrogen and oxygen atoms in total.